The summed E-state index contributed by atoms with van der Waals surface area (Å²) < 4.78 is 0. The van der Waals surface area contributed by atoms with Crippen LogP contribution in [0.4, 0.5) is 0 Å². The molecule has 0 radical (unpaired) electrons. The third-order valence-electron chi connectivity index (χ3n) is 1.74. The first-order valence-corrected chi connectivity index (χ1v) is 4.21. The van der Waals surface area contributed by atoms with Gasteiger partial charge in [-0.15, -0.1) is 0 Å². The van der Waals surface area contributed by atoms with E-state index in [-0.39, 0.29) is 0 Å². The van der Waals surface area contributed by atoms with Gasteiger partial charge in [0, 0.05) is 18.7 Å². The van der Waals surface area contributed by atoms with E-state index in [0.29, 0.717) is 12.6 Å². The molecular weight excluding hydrogens is 154 g/mol. The second-order valence-corrected chi connectivity index (χ2v) is 2.92. The van der Waals surface area contributed by atoms with Crippen LogP contribution in [0.15, 0.2) is 12.2 Å². The van der Waals surface area contributed by atoms with Gasteiger partial charge in [0.15, 0.2) is 0 Å². The largest absolute Gasteiger partial charge is 0.478 e. The van der Waals surface area contributed by atoms with Gasteiger partial charge in [0.05, 0.1) is 0 Å². The van der Waals surface area contributed by atoms with Crippen molar-refractivity contribution in [2.75, 3.05) is 13.1 Å². The van der Waals surface area contributed by atoms with Gasteiger partial charge in [-0.2, -0.15) is 0 Å². The Kier molecular flexibility index (Phi) is 5.37. The van der Waals surface area contributed by atoms with Crippen LogP contribution in [0.2, 0.25) is 0 Å². The molecule has 12 heavy (non-hydrogen) atoms. The summed E-state index contributed by atoms with van der Waals surface area (Å²) in [6, 6.07) is 0.466. The molecule has 0 amide bonds. The molecule has 0 fully saturated rings. The molecule has 70 valence electrons. The molecule has 0 bridgehead atoms. The summed E-state index contributed by atoms with van der Waals surface area (Å²) in [6.07, 6.45) is 2.86. The van der Waals surface area contributed by atoms with Crippen LogP contribution >= 0.6 is 0 Å². The lowest BCUT2D eigenvalue weighted by Crippen LogP contribution is -2.30. The van der Waals surface area contributed by atoms with Crippen LogP contribution in [0.1, 0.15) is 20.8 Å². The van der Waals surface area contributed by atoms with Gasteiger partial charge in [-0.05, 0) is 20.4 Å². The zero-order valence-corrected chi connectivity index (χ0v) is 7.95. The molecule has 3 heteroatoms. The van der Waals surface area contributed by atoms with Gasteiger partial charge in [0.1, 0.15) is 0 Å². The maximum absolute atomic E-state index is 10.1. The Morgan fingerprint density at radius 2 is 2.17 bits per heavy atom. The number of carboxylic acid groups (broad SMARTS) is 1. The molecule has 0 atom stereocenters. The van der Waals surface area contributed by atoms with Crippen molar-refractivity contribution in [3.05, 3.63) is 12.2 Å². The number of rotatable bonds is 5. The minimum atomic E-state index is -0.880. The highest BCUT2D eigenvalue weighted by atomic mass is 16.4. The summed E-state index contributed by atoms with van der Waals surface area (Å²) >= 11 is 0. The average molecular weight is 171 g/mol. The van der Waals surface area contributed by atoms with Crippen LogP contribution in [0.3, 0.4) is 0 Å². The molecule has 0 aromatic carbocycles. The van der Waals surface area contributed by atoms with Crippen molar-refractivity contribution in [2.24, 2.45) is 0 Å². The third kappa shape index (κ3) is 4.91. The van der Waals surface area contributed by atoms with Gasteiger partial charge >= 0.3 is 5.97 Å². The van der Waals surface area contributed by atoms with Crippen molar-refractivity contribution in [3.63, 3.8) is 0 Å². The number of hydrogen-bond acceptors (Lipinski definition) is 2. The van der Waals surface area contributed by atoms with Crippen LogP contribution in [0, 0.1) is 0 Å². The molecule has 0 aromatic heterocycles. The van der Waals surface area contributed by atoms with Crippen molar-refractivity contribution in [2.45, 2.75) is 26.8 Å². The number of likely N-dealkylation sites (N-methyl/N-ethyl adjacent to an activating group) is 1. The summed E-state index contributed by atoms with van der Waals surface area (Å²) in [5, 5.41) is 8.33. The molecule has 0 unspecified atom stereocenters. The maximum Gasteiger partial charge on any atom is 0.328 e. The first kappa shape index (κ1) is 11.2. The van der Waals surface area contributed by atoms with E-state index in [0.717, 1.165) is 6.54 Å². The number of hydrogen-bond donors (Lipinski definition) is 1. The Morgan fingerprint density at radius 3 is 2.50 bits per heavy atom. The van der Waals surface area contributed by atoms with Crippen molar-refractivity contribution < 1.29 is 9.90 Å². The van der Waals surface area contributed by atoms with E-state index in [4.69, 9.17) is 5.11 Å². The van der Waals surface area contributed by atoms with E-state index in [1.807, 2.05) is 0 Å². The zero-order valence-electron chi connectivity index (χ0n) is 7.95. The summed E-state index contributed by atoms with van der Waals surface area (Å²) in [5.41, 5.74) is 0. The van der Waals surface area contributed by atoms with Crippen LogP contribution in [0.25, 0.3) is 0 Å². The minimum Gasteiger partial charge on any atom is -0.478 e. The molecule has 0 rings (SSSR count). The fourth-order valence-electron chi connectivity index (χ4n) is 0.994. The molecule has 0 saturated carbocycles. The Hall–Kier alpha value is -0.830. The minimum absolute atomic E-state index is 0.466. The molecule has 0 saturated heterocycles. The fourth-order valence-corrected chi connectivity index (χ4v) is 0.994. The molecule has 0 aromatic rings. The van der Waals surface area contributed by atoms with Gasteiger partial charge < -0.3 is 5.11 Å². The molecule has 0 spiro atoms. The lowest BCUT2D eigenvalue weighted by Gasteiger charge is -2.22. The highest BCUT2D eigenvalue weighted by molar-refractivity contribution is 5.79. The van der Waals surface area contributed by atoms with E-state index in [2.05, 4.69) is 25.7 Å². The van der Waals surface area contributed by atoms with Gasteiger partial charge in [-0.1, -0.05) is 13.0 Å². The van der Waals surface area contributed by atoms with E-state index in [1.54, 1.807) is 6.08 Å². The van der Waals surface area contributed by atoms with Crippen LogP contribution in [-0.4, -0.2) is 35.1 Å². The topological polar surface area (TPSA) is 40.5 Å². The molecule has 0 aliphatic carbocycles. The highest BCUT2D eigenvalue weighted by Crippen LogP contribution is 1.96. The first-order valence-electron chi connectivity index (χ1n) is 4.21. The van der Waals surface area contributed by atoms with Crippen molar-refractivity contribution in [3.8, 4) is 0 Å². The number of carboxylic acids is 1. The van der Waals surface area contributed by atoms with Crippen molar-refractivity contribution in [1.82, 2.24) is 4.90 Å². The van der Waals surface area contributed by atoms with Gasteiger partial charge in [0.2, 0.25) is 0 Å². The predicted octanol–water partition coefficient (Wildman–Crippen LogP) is 1.36. The smallest absolute Gasteiger partial charge is 0.328 e. The SMILES string of the molecule is CCN(CC=CC(=O)O)C(C)C. The fraction of sp³-hybridized carbons (Fsp3) is 0.667. The Balaban J connectivity index is 3.80. The van der Waals surface area contributed by atoms with Crippen LogP contribution in [-0.2, 0) is 4.79 Å². The summed E-state index contributed by atoms with van der Waals surface area (Å²) in [5.74, 6) is -0.880. The summed E-state index contributed by atoms with van der Waals surface area (Å²) in [4.78, 5) is 12.3. The second-order valence-electron chi connectivity index (χ2n) is 2.92. The molecule has 1 N–H and O–H groups in total. The quantitative estimate of drug-likeness (QED) is 0.635. The number of aliphatic carboxylic acids is 1. The predicted molar refractivity (Wildman–Crippen MR) is 49.2 cm³/mol. The Labute approximate surface area is 73.7 Å². The van der Waals surface area contributed by atoms with Gasteiger partial charge in [-0.3, -0.25) is 4.90 Å². The Morgan fingerprint density at radius 1 is 1.58 bits per heavy atom. The lowest BCUT2D eigenvalue weighted by molar-refractivity contribution is -0.131. The van der Waals surface area contributed by atoms with Gasteiger partial charge in [0.25, 0.3) is 0 Å². The average Bonchev–Trinajstić information content (AvgIpc) is 1.96. The zero-order chi connectivity index (χ0) is 9.56. The van der Waals surface area contributed by atoms with E-state index in [9.17, 15) is 4.79 Å². The van der Waals surface area contributed by atoms with E-state index < -0.39 is 5.97 Å². The molecular formula is C9H17NO2. The third-order valence-corrected chi connectivity index (χ3v) is 1.74. The van der Waals surface area contributed by atoms with Gasteiger partial charge in [-0.25, -0.2) is 4.79 Å². The molecule has 0 aliphatic heterocycles. The summed E-state index contributed by atoms with van der Waals surface area (Å²) in [7, 11) is 0. The van der Waals surface area contributed by atoms with Crippen molar-refractivity contribution >= 4 is 5.97 Å². The monoisotopic (exact) mass is 171 g/mol. The standard InChI is InChI=1S/C9H17NO2/c1-4-10(8(2)3)7-5-6-9(11)12/h5-6,8H,4,7H2,1-3H3,(H,11,12). The second kappa shape index (κ2) is 5.77. The molecule has 0 aliphatic rings. The highest BCUT2D eigenvalue weighted by Gasteiger charge is 2.03. The number of carbonyl (C=O) groups is 1. The van der Waals surface area contributed by atoms with Crippen molar-refractivity contribution in [1.29, 1.82) is 0 Å². The molecule has 0 heterocycles. The normalized spacial score (nSPS) is 11.8. The summed E-state index contributed by atoms with van der Waals surface area (Å²) in [6.45, 7) is 7.91. The van der Waals surface area contributed by atoms with Crippen LogP contribution in [0.5, 0.6) is 0 Å². The maximum atomic E-state index is 10.1. The lowest BCUT2D eigenvalue weighted by atomic mass is 10.3. The number of nitrogens with zero attached hydrogens (tertiary/aromatic N) is 1. The van der Waals surface area contributed by atoms with E-state index in [1.165, 1.54) is 6.08 Å². The first-order chi connectivity index (χ1) is 5.57. The van der Waals surface area contributed by atoms with Crippen LogP contribution < -0.4 is 0 Å². The molecule has 3 nitrogen and oxygen atoms in total. The Bertz CT molecular complexity index is 164. The van der Waals surface area contributed by atoms with E-state index >= 15 is 0 Å².